The van der Waals surface area contributed by atoms with Crippen LogP contribution in [0.4, 0.5) is 0 Å². The topological polar surface area (TPSA) is 26.3 Å². The zero-order valence-corrected chi connectivity index (χ0v) is 8.22. The van der Waals surface area contributed by atoms with Crippen LogP contribution >= 0.6 is 0 Å². The Bertz CT molecular complexity index is 159. The number of allylic oxidation sites excluding steroid dienone is 1. The van der Waals surface area contributed by atoms with Gasteiger partial charge in [-0.2, -0.15) is 0 Å². The molecule has 0 spiro atoms. The van der Waals surface area contributed by atoms with E-state index in [2.05, 4.69) is 6.92 Å². The van der Waals surface area contributed by atoms with E-state index in [1.807, 2.05) is 6.92 Å². The van der Waals surface area contributed by atoms with Crippen molar-refractivity contribution in [2.45, 2.75) is 40.0 Å². The SMILES string of the molecule is CCCCOC=C(C)C(=O)CC. The van der Waals surface area contributed by atoms with Crippen LogP contribution in [0.3, 0.4) is 0 Å². The minimum atomic E-state index is 0.159. The largest absolute Gasteiger partial charge is 0.501 e. The molecule has 0 unspecified atom stereocenters. The number of carbonyl (C=O) groups excluding carboxylic acids is 1. The molecule has 12 heavy (non-hydrogen) atoms. The average molecular weight is 170 g/mol. The summed E-state index contributed by atoms with van der Waals surface area (Å²) in [5.41, 5.74) is 0.716. The first-order chi connectivity index (χ1) is 5.72. The van der Waals surface area contributed by atoms with Gasteiger partial charge in [-0.05, 0) is 13.3 Å². The monoisotopic (exact) mass is 170 g/mol. The second-order valence-electron chi connectivity index (χ2n) is 2.80. The van der Waals surface area contributed by atoms with Gasteiger partial charge >= 0.3 is 0 Å². The molecule has 0 radical (unpaired) electrons. The summed E-state index contributed by atoms with van der Waals surface area (Å²) in [5, 5.41) is 0. The van der Waals surface area contributed by atoms with Gasteiger partial charge in [0.2, 0.25) is 0 Å². The van der Waals surface area contributed by atoms with Gasteiger partial charge in [0.25, 0.3) is 0 Å². The van der Waals surface area contributed by atoms with E-state index in [1.165, 1.54) is 0 Å². The number of hydrogen-bond acceptors (Lipinski definition) is 2. The van der Waals surface area contributed by atoms with Crippen LogP contribution in [0.5, 0.6) is 0 Å². The van der Waals surface area contributed by atoms with Crippen LogP contribution in [-0.2, 0) is 9.53 Å². The first-order valence-corrected chi connectivity index (χ1v) is 4.53. The number of rotatable bonds is 6. The van der Waals surface area contributed by atoms with Crippen molar-refractivity contribution in [2.24, 2.45) is 0 Å². The normalized spacial score (nSPS) is 11.4. The van der Waals surface area contributed by atoms with E-state index in [1.54, 1.807) is 13.2 Å². The Labute approximate surface area is 74.6 Å². The molecule has 0 aliphatic carbocycles. The summed E-state index contributed by atoms with van der Waals surface area (Å²) in [4.78, 5) is 11.0. The summed E-state index contributed by atoms with van der Waals surface area (Å²) in [7, 11) is 0. The molecule has 70 valence electrons. The zero-order valence-electron chi connectivity index (χ0n) is 8.22. The molecule has 0 aliphatic rings. The fourth-order valence-electron chi connectivity index (χ4n) is 0.756. The fraction of sp³-hybridized carbons (Fsp3) is 0.700. The molecule has 0 aromatic carbocycles. The third-order valence-electron chi connectivity index (χ3n) is 1.64. The Morgan fingerprint density at radius 2 is 2.08 bits per heavy atom. The van der Waals surface area contributed by atoms with Crippen LogP contribution in [0.1, 0.15) is 40.0 Å². The summed E-state index contributed by atoms with van der Waals surface area (Å²) in [6.07, 6.45) is 4.29. The van der Waals surface area contributed by atoms with E-state index < -0.39 is 0 Å². The highest BCUT2D eigenvalue weighted by atomic mass is 16.5. The minimum absolute atomic E-state index is 0.159. The maximum atomic E-state index is 11.0. The maximum Gasteiger partial charge on any atom is 0.161 e. The van der Waals surface area contributed by atoms with Gasteiger partial charge in [-0.1, -0.05) is 20.3 Å². The lowest BCUT2D eigenvalue weighted by atomic mass is 10.2. The van der Waals surface area contributed by atoms with Crippen molar-refractivity contribution in [3.05, 3.63) is 11.8 Å². The second-order valence-corrected chi connectivity index (χ2v) is 2.80. The first kappa shape index (κ1) is 11.2. The number of ether oxygens (including phenoxy) is 1. The molecular formula is C10H18O2. The zero-order chi connectivity index (χ0) is 9.40. The molecule has 0 heterocycles. The molecule has 0 amide bonds. The van der Waals surface area contributed by atoms with Crippen LogP contribution in [0.2, 0.25) is 0 Å². The second kappa shape index (κ2) is 6.89. The molecule has 0 rings (SSSR count). The number of ketones is 1. The summed E-state index contributed by atoms with van der Waals surface area (Å²) < 4.78 is 5.18. The van der Waals surface area contributed by atoms with Gasteiger partial charge in [-0.25, -0.2) is 0 Å². The summed E-state index contributed by atoms with van der Waals surface area (Å²) >= 11 is 0. The van der Waals surface area contributed by atoms with Crippen molar-refractivity contribution in [1.82, 2.24) is 0 Å². The third-order valence-corrected chi connectivity index (χ3v) is 1.64. The van der Waals surface area contributed by atoms with Crippen LogP contribution in [0, 0.1) is 0 Å². The molecule has 0 saturated heterocycles. The van der Waals surface area contributed by atoms with Crippen LogP contribution in [-0.4, -0.2) is 12.4 Å². The predicted octanol–water partition coefficient (Wildman–Crippen LogP) is 2.69. The van der Waals surface area contributed by atoms with Crippen molar-refractivity contribution >= 4 is 5.78 Å². The van der Waals surface area contributed by atoms with Crippen molar-refractivity contribution in [3.8, 4) is 0 Å². The summed E-state index contributed by atoms with van der Waals surface area (Å²) in [6.45, 7) is 6.46. The molecule has 0 saturated carbocycles. The quantitative estimate of drug-likeness (QED) is 0.348. The smallest absolute Gasteiger partial charge is 0.161 e. The van der Waals surface area contributed by atoms with Gasteiger partial charge in [0.1, 0.15) is 0 Å². The highest BCUT2D eigenvalue weighted by molar-refractivity contribution is 5.94. The van der Waals surface area contributed by atoms with Crippen molar-refractivity contribution in [2.75, 3.05) is 6.61 Å². The van der Waals surface area contributed by atoms with E-state index in [-0.39, 0.29) is 5.78 Å². The lowest BCUT2D eigenvalue weighted by Gasteiger charge is -2.00. The van der Waals surface area contributed by atoms with E-state index in [0.29, 0.717) is 18.6 Å². The highest BCUT2D eigenvalue weighted by Gasteiger charge is 1.99. The lowest BCUT2D eigenvalue weighted by molar-refractivity contribution is -0.115. The lowest BCUT2D eigenvalue weighted by Crippen LogP contribution is -1.98. The highest BCUT2D eigenvalue weighted by Crippen LogP contribution is 1.99. The minimum Gasteiger partial charge on any atom is -0.501 e. The average Bonchev–Trinajstić information content (AvgIpc) is 2.10. The molecule has 0 aliphatic heterocycles. The summed E-state index contributed by atoms with van der Waals surface area (Å²) in [6, 6.07) is 0. The van der Waals surface area contributed by atoms with Crippen molar-refractivity contribution in [1.29, 1.82) is 0 Å². The van der Waals surface area contributed by atoms with Crippen LogP contribution in [0.25, 0.3) is 0 Å². The standard InChI is InChI=1S/C10H18O2/c1-4-6-7-12-8-9(3)10(11)5-2/h8H,4-7H2,1-3H3. The molecule has 0 fully saturated rings. The predicted molar refractivity (Wildman–Crippen MR) is 49.9 cm³/mol. The number of unbranched alkanes of at least 4 members (excludes halogenated alkanes) is 1. The van der Waals surface area contributed by atoms with Gasteiger partial charge in [0.05, 0.1) is 12.9 Å². The van der Waals surface area contributed by atoms with Crippen molar-refractivity contribution in [3.63, 3.8) is 0 Å². The molecule has 0 aromatic heterocycles. The summed E-state index contributed by atoms with van der Waals surface area (Å²) in [5.74, 6) is 0.159. The van der Waals surface area contributed by atoms with Crippen LogP contribution < -0.4 is 0 Å². The molecule has 2 nitrogen and oxygen atoms in total. The van der Waals surface area contributed by atoms with Crippen LogP contribution in [0.15, 0.2) is 11.8 Å². The Hall–Kier alpha value is -0.790. The van der Waals surface area contributed by atoms with Gasteiger partial charge in [0.15, 0.2) is 5.78 Å². The number of carbonyl (C=O) groups is 1. The Morgan fingerprint density at radius 3 is 2.58 bits per heavy atom. The molecule has 0 bridgehead atoms. The van der Waals surface area contributed by atoms with Gasteiger partial charge < -0.3 is 4.74 Å². The van der Waals surface area contributed by atoms with Crippen molar-refractivity contribution < 1.29 is 9.53 Å². The van der Waals surface area contributed by atoms with Gasteiger partial charge in [0, 0.05) is 12.0 Å². The molecule has 2 heteroatoms. The van der Waals surface area contributed by atoms with Gasteiger partial charge in [-0.15, -0.1) is 0 Å². The molecular weight excluding hydrogens is 152 g/mol. The molecule has 0 atom stereocenters. The van der Waals surface area contributed by atoms with E-state index in [9.17, 15) is 4.79 Å². The maximum absolute atomic E-state index is 11.0. The fourth-order valence-corrected chi connectivity index (χ4v) is 0.756. The van der Waals surface area contributed by atoms with E-state index in [0.717, 1.165) is 12.8 Å². The molecule has 0 N–H and O–H groups in total. The molecule has 0 aromatic rings. The number of Topliss-reactive ketones (excluding diaryl/α,β-unsaturated/α-hetero) is 1. The van der Waals surface area contributed by atoms with Gasteiger partial charge in [-0.3, -0.25) is 4.79 Å². The first-order valence-electron chi connectivity index (χ1n) is 4.53. The van der Waals surface area contributed by atoms with E-state index >= 15 is 0 Å². The Morgan fingerprint density at radius 1 is 1.42 bits per heavy atom. The number of hydrogen-bond donors (Lipinski definition) is 0. The Balaban J connectivity index is 3.61. The third kappa shape index (κ3) is 4.94. The Kier molecular flexibility index (Phi) is 6.44. The van der Waals surface area contributed by atoms with E-state index in [4.69, 9.17) is 4.74 Å².